The molecule has 0 fully saturated rings. The van der Waals surface area contributed by atoms with Crippen LogP contribution in [0, 0.1) is 10.8 Å². The van der Waals surface area contributed by atoms with Crippen LogP contribution in [0.15, 0.2) is 47.1 Å². The maximum absolute atomic E-state index is 13.2. The number of aromatic nitrogens is 2. The average Bonchev–Trinajstić information content (AvgIpc) is 3.28. The van der Waals surface area contributed by atoms with Crippen LogP contribution in [0.4, 0.5) is 0 Å². The summed E-state index contributed by atoms with van der Waals surface area (Å²) in [5.74, 6) is -1.09. The molecule has 0 spiro atoms. The van der Waals surface area contributed by atoms with Crippen LogP contribution < -0.4 is 0 Å². The van der Waals surface area contributed by atoms with Gasteiger partial charge in [-0.15, -0.1) is 11.3 Å². The average molecular weight is 441 g/mol. The molecule has 164 valence electrons. The van der Waals surface area contributed by atoms with Crippen molar-refractivity contribution in [3.05, 3.63) is 51.9 Å². The Morgan fingerprint density at radius 2 is 1.45 bits per heavy atom. The molecule has 0 saturated carbocycles. The van der Waals surface area contributed by atoms with Gasteiger partial charge in [-0.05, 0) is 29.0 Å². The normalized spacial score (nSPS) is 21.3. The third-order valence-electron chi connectivity index (χ3n) is 6.05. The molecule has 2 aromatic rings. The van der Waals surface area contributed by atoms with Gasteiger partial charge in [-0.3, -0.25) is 14.7 Å². The quantitative estimate of drug-likeness (QED) is 0.572. The van der Waals surface area contributed by atoms with Gasteiger partial charge >= 0.3 is 0 Å². The monoisotopic (exact) mass is 440 g/mol. The highest BCUT2D eigenvalue weighted by Crippen LogP contribution is 2.49. The van der Waals surface area contributed by atoms with E-state index in [9.17, 15) is 19.8 Å². The first-order valence-electron chi connectivity index (χ1n) is 10.5. The van der Waals surface area contributed by atoms with Gasteiger partial charge in [0.15, 0.2) is 11.6 Å². The van der Waals surface area contributed by atoms with Crippen LogP contribution >= 0.6 is 11.3 Å². The maximum atomic E-state index is 13.2. The molecule has 0 aromatic carbocycles. The molecule has 31 heavy (non-hydrogen) atoms. The summed E-state index contributed by atoms with van der Waals surface area (Å²) < 4.78 is 0. The topological polar surface area (TPSA) is 103 Å². The largest absolute Gasteiger partial charge is 0.512 e. The molecule has 2 aliphatic carbocycles. The molecule has 7 heteroatoms. The van der Waals surface area contributed by atoms with E-state index in [-0.39, 0.29) is 57.9 Å². The van der Waals surface area contributed by atoms with Crippen LogP contribution in [0.2, 0.25) is 0 Å². The Morgan fingerprint density at radius 3 is 1.90 bits per heavy atom. The Morgan fingerprint density at radius 1 is 0.903 bits per heavy atom. The number of H-pyrrole nitrogens is 1. The van der Waals surface area contributed by atoms with E-state index in [4.69, 9.17) is 0 Å². The molecule has 2 heterocycles. The lowest BCUT2D eigenvalue weighted by Gasteiger charge is -2.36. The van der Waals surface area contributed by atoms with Crippen LogP contribution in [-0.4, -0.2) is 32.0 Å². The number of aliphatic hydroxyl groups is 2. The molecule has 0 bridgehead atoms. The Labute approximate surface area is 185 Å². The summed E-state index contributed by atoms with van der Waals surface area (Å²) in [5.41, 5.74) is 0.624. The highest BCUT2D eigenvalue weighted by atomic mass is 32.1. The van der Waals surface area contributed by atoms with E-state index in [1.165, 1.54) is 11.3 Å². The second kappa shape index (κ2) is 7.48. The van der Waals surface area contributed by atoms with Gasteiger partial charge in [-0.1, -0.05) is 27.7 Å². The van der Waals surface area contributed by atoms with Crippen molar-refractivity contribution in [2.75, 3.05) is 0 Å². The van der Waals surface area contributed by atoms with Crippen molar-refractivity contribution in [2.45, 2.75) is 59.3 Å². The Hall–Kier alpha value is -2.67. The molecule has 3 N–H and O–H groups in total. The number of hydrogen-bond acceptors (Lipinski definition) is 6. The predicted molar refractivity (Wildman–Crippen MR) is 120 cm³/mol. The van der Waals surface area contributed by atoms with Crippen molar-refractivity contribution < 1.29 is 19.8 Å². The molecule has 0 saturated heterocycles. The maximum Gasteiger partial charge on any atom is 0.163 e. The molecule has 0 radical (unpaired) electrons. The SMILES string of the molecule is CC1(C)CC(=O)C(C(C2=C(O)CC(C)(C)CC2=O)c2ccc(-c3ccn[nH]3)s2)=C(O)C1. The van der Waals surface area contributed by atoms with Gasteiger partial charge in [0.05, 0.1) is 16.5 Å². The van der Waals surface area contributed by atoms with Gasteiger partial charge in [0.25, 0.3) is 0 Å². The number of hydrogen-bond donors (Lipinski definition) is 3. The fraction of sp³-hybridized carbons (Fsp3) is 0.458. The van der Waals surface area contributed by atoms with Crippen LogP contribution in [0.5, 0.6) is 0 Å². The van der Waals surface area contributed by atoms with Gasteiger partial charge in [-0.25, -0.2) is 0 Å². The number of aliphatic hydroxyl groups excluding tert-OH is 2. The van der Waals surface area contributed by atoms with Crippen LogP contribution in [-0.2, 0) is 9.59 Å². The van der Waals surface area contributed by atoms with Crippen LogP contribution in [0.25, 0.3) is 10.6 Å². The van der Waals surface area contributed by atoms with E-state index in [1.54, 1.807) is 6.20 Å². The first-order chi connectivity index (χ1) is 14.5. The van der Waals surface area contributed by atoms with Crippen molar-refractivity contribution >= 4 is 22.9 Å². The van der Waals surface area contributed by atoms with Crippen molar-refractivity contribution in [1.82, 2.24) is 10.2 Å². The third kappa shape index (κ3) is 4.11. The van der Waals surface area contributed by atoms with Gasteiger partial charge in [-0.2, -0.15) is 5.10 Å². The zero-order valence-corrected chi connectivity index (χ0v) is 19.1. The second-order valence-corrected chi connectivity index (χ2v) is 11.3. The van der Waals surface area contributed by atoms with E-state index >= 15 is 0 Å². The van der Waals surface area contributed by atoms with Crippen LogP contribution in [0.3, 0.4) is 0 Å². The summed E-state index contributed by atoms with van der Waals surface area (Å²) in [5, 5.41) is 28.8. The summed E-state index contributed by atoms with van der Waals surface area (Å²) in [7, 11) is 0. The smallest absolute Gasteiger partial charge is 0.163 e. The summed E-state index contributed by atoms with van der Waals surface area (Å²) in [4.78, 5) is 28.1. The number of rotatable bonds is 4. The van der Waals surface area contributed by atoms with Gasteiger partial charge in [0.2, 0.25) is 0 Å². The van der Waals surface area contributed by atoms with Crippen molar-refractivity contribution in [2.24, 2.45) is 10.8 Å². The summed E-state index contributed by atoms with van der Waals surface area (Å²) in [6.45, 7) is 7.78. The number of ketones is 2. The summed E-state index contributed by atoms with van der Waals surface area (Å²) in [6.07, 6.45) is 2.95. The standard InChI is InChI=1S/C24H28N2O4S/c1-23(2)9-14(27)20(15(28)10-23)22(21-16(29)11-24(3,4)12-17(21)30)19-6-5-18(31-19)13-7-8-25-26-13/h5-8,22,27,29H,9-12H2,1-4H3,(H,25,26). The minimum atomic E-state index is -0.770. The second-order valence-electron chi connectivity index (χ2n) is 10.2. The molecule has 6 nitrogen and oxygen atoms in total. The molecule has 2 aliphatic rings. The summed E-state index contributed by atoms with van der Waals surface area (Å²) in [6, 6.07) is 5.62. The van der Waals surface area contributed by atoms with Gasteiger partial charge < -0.3 is 10.2 Å². The van der Waals surface area contributed by atoms with E-state index in [0.29, 0.717) is 12.8 Å². The molecular weight excluding hydrogens is 412 g/mol. The minimum absolute atomic E-state index is 0.0145. The number of allylic oxidation sites excluding steroid dienone is 4. The Kier molecular flexibility index (Phi) is 5.20. The van der Waals surface area contributed by atoms with Crippen molar-refractivity contribution in [3.8, 4) is 10.6 Å². The number of thiophene rings is 1. The molecule has 0 amide bonds. The van der Waals surface area contributed by atoms with E-state index in [1.807, 2.05) is 45.9 Å². The Bertz CT molecular complexity index is 1050. The number of Topliss-reactive ketones (excluding diaryl/α,β-unsaturated/α-hetero) is 2. The fourth-order valence-electron chi connectivity index (χ4n) is 4.73. The van der Waals surface area contributed by atoms with E-state index in [2.05, 4.69) is 10.2 Å². The molecule has 2 aromatic heterocycles. The lowest BCUT2D eigenvalue weighted by molar-refractivity contribution is -0.119. The highest BCUT2D eigenvalue weighted by Gasteiger charge is 2.44. The Balaban J connectivity index is 1.89. The minimum Gasteiger partial charge on any atom is -0.512 e. The lowest BCUT2D eigenvalue weighted by Crippen LogP contribution is -2.33. The van der Waals surface area contributed by atoms with Gasteiger partial charge in [0, 0.05) is 47.9 Å². The van der Waals surface area contributed by atoms with Crippen LogP contribution in [0.1, 0.15) is 64.2 Å². The number of nitrogens with one attached hydrogen (secondary N) is 1. The van der Waals surface area contributed by atoms with E-state index < -0.39 is 5.92 Å². The first-order valence-corrected chi connectivity index (χ1v) is 11.3. The fourth-order valence-corrected chi connectivity index (χ4v) is 5.84. The van der Waals surface area contributed by atoms with E-state index in [0.717, 1.165) is 15.4 Å². The van der Waals surface area contributed by atoms with Crippen molar-refractivity contribution in [1.29, 1.82) is 0 Å². The third-order valence-corrected chi connectivity index (χ3v) is 7.23. The highest BCUT2D eigenvalue weighted by molar-refractivity contribution is 7.15. The first kappa shape index (κ1) is 21.6. The summed E-state index contributed by atoms with van der Waals surface area (Å²) >= 11 is 1.43. The predicted octanol–water partition coefficient (Wildman–Crippen LogP) is 5.62. The number of nitrogens with zero attached hydrogens (tertiary/aromatic N) is 1. The molecular formula is C24H28N2O4S. The zero-order valence-electron chi connectivity index (χ0n) is 18.3. The molecule has 4 rings (SSSR count). The number of carbonyl (C=O) groups is 2. The molecule has 0 unspecified atom stereocenters. The van der Waals surface area contributed by atoms with Crippen molar-refractivity contribution in [3.63, 3.8) is 0 Å². The lowest BCUT2D eigenvalue weighted by atomic mass is 9.68. The number of aromatic amines is 1. The molecule has 0 aliphatic heterocycles. The number of carbonyl (C=O) groups excluding carboxylic acids is 2. The zero-order chi connectivity index (χ0) is 22.6. The van der Waals surface area contributed by atoms with Gasteiger partial charge in [0.1, 0.15) is 11.5 Å². The molecule has 0 atom stereocenters.